The van der Waals surface area contributed by atoms with Crippen LogP contribution in [0.4, 0.5) is 17.3 Å². The third kappa shape index (κ3) is 4.65. The molecule has 3 heterocycles. The fraction of sp³-hybridized carbons (Fsp3) is 0.286. The summed E-state index contributed by atoms with van der Waals surface area (Å²) in [6, 6.07) is 14.2. The summed E-state index contributed by atoms with van der Waals surface area (Å²) < 4.78 is 4.07. The normalized spacial score (nSPS) is 13.5. The Bertz CT molecular complexity index is 1610. The van der Waals surface area contributed by atoms with Crippen LogP contribution < -0.4 is 10.6 Å². The molecule has 0 bridgehead atoms. The molecular formula is C28H30N8O. The molecule has 1 fully saturated rings. The summed E-state index contributed by atoms with van der Waals surface area (Å²) in [5.74, 6) is 0.655. The molecule has 0 spiro atoms. The number of amides is 1. The van der Waals surface area contributed by atoms with Crippen LogP contribution in [-0.2, 0) is 18.4 Å². The van der Waals surface area contributed by atoms with Gasteiger partial charge in [0.05, 0.1) is 29.6 Å². The van der Waals surface area contributed by atoms with Crippen molar-refractivity contribution in [3.63, 3.8) is 0 Å². The average Bonchev–Trinajstić information content (AvgIpc) is 3.58. The van der Waals surface area contributed by atoms with Gasteiger partial charge in [0.2, 0.25) is 11.9 Å². The topological polar surface area (TPSA) is 92.9 Å². The number of aromatic nitrogens is 5. The van der Waals surface area contributed by atoms with Crippen molar-refractivity contribution in [2.45, 2.75) is 19.4 Å². The Morgan fingerprint density at radius 3 is 2.81 bits per heavy atom. The lowest BCUT2D eigenvalue weighted by molar-refractivity contribution is -0.117. The van der Waals surface area contributed by atoms with E-state index in [2.05, 4.69) is 48.5 Å². The van der Waals surface area contributed by atoms with Crippen LogP contribution in [0.5, 0.6) is 0 Å². The minimum absolute atomic E-state index is 0.0630. The van der Waals surface area contributed by atoms with Gasteiger partial charge < -0.3 is 20.1 Å². The lowest BCUT2D eigenvalue weighted by Gasteiger charge is -2.14. The van der Waals surface area contributed by atoms with Gasteiger partial charge in [-0.15, -0.1) is 0 Å². The van der Waals surface area contributed by atoms with Gasteiger partial charge in [-0.25, -0.2) is 9.97 Å². The third-order valence-corrected chi connectivity index (χ3v) is 6.78. The van der Waals surface area contributed by atoms with Crippen LogP contribution in [0.2, 0.25) is 0 Å². The quantitative estimate of drug-likeness (QED) is 0.327. The van der Waals surface area contributed by atoms with Gasteiger partial charge in [0.15, 0.2) is 0 Å². The number of anilines is 3. The molecule has 0 aliphatic heterocycles. The molecule has 0 saturated heterocycles. The number of aryl methyl sites for hydroxylation is 1. The molecule has 9 heteroatoms. The lowest BCUT2D eigenvalue weighted by Crippen LogP contribution is -2.20. The Morgan fingerprint density at radius 1 is 1.16 bits per heavy atom. The van der Waals surface area contributed by atoms with Gasteiger partial charge >= 0.3 is 0 Å². The van der Waals surface area contributed by atoms with Gasteiger partial charge in [0, 0.05) is 59.4 Å². The Labute approximate surface area is 215 Å². The number of hydrogen-bond acceptors (Lipinski definition) is 6. The maximum atomic E-state index is 12.7. The molecule has 9 nitrogen and oxygen atoms in total. The van der Waals surface area contributed by atoms with E-state index in [9.17, 15) is 4.79 Å². The first-order valence-corrected chi connectivity index (χ1v) is 12.6. The first-order chi connectivity index (χ1) is 18.0. The zero-order valence-electron chi connectivity index (χ0n) is 21.3. The first kappa shape index (κ1) is 23.2. The summed E-state index contributed by atoms with van der Waals surface area (Å²) in [6.45, 7) is 1.58. The van der Waals surface area contributed by atoms with Crippen molar-refractivity contribution in [3.8, 4) is 11.3 Å². The van der Waals surface area contributed by atoms with E-state index in [1.165, 1.54) is 0 Å². The number of nitrogens with one attached hydrogen (secondary N) is 2. The van der Waals surface area contributed by atoms with E-state index in [4.69, 9.17) is 4.98 Å². The van der Waals surface area contributed by atoms with Gasteiger partial charge in [0.25, 0.3) is 0 Å². The SMILES string of the molecule is CN(C)CCn1ncc2cc(Nc3nccc(-c4cn(C)c5ccccc45)n3)cc(NC(=O)C3CC3)c21. The van der Waals surface area contributed by atoms with Crippen LogP contribution in [0.3, 0.4) is 0 Å². The first-order valence-electron chi connectivity index (χ1n) is 12.6. The minimum atomic E-state index is 0.0630. The highest BCUT2D eigenvalue weighted by molar-refractivity contribution is 6.03. The molecule has 0 unspecified atom stereocenters. The predicted octanol–water partition coefficient (Wildman–Crippen LogP) is 4.64. The molecule has 5 aromatic rings. The number of nitrogens with zero attached hydrogens (tertiary/aromatic N) is 6. The Balaban J connectivity index is 1.35. The van der Waals surface area contributed by atoms with Crippen LogP contribution in [0.15, 0.2) is 61.1 Å². The molecule has 1 saturated carbocycles. The molecule has 1 aliphatic carbocycles. The molecule has 3 aromatic heterocycles. The van der Waals surface area contributed by atoms with E-state index in [1.807, 2.05) is 62.4 Å². The molecule has 6 rings (SSSR count). The van der Waals surface area contributed by atoms with Crippen molar-refractivity contribution in [1.82, 2.24) is 29.2 Å². The molecule has 0 radical (unpaired) electrons. The highest BCUT2D eigenvalue weighted by atomic mass is 16.2. The van der Waals surface area contributed by atoms with Crippen molar-refractivity contribution < 1.29 is 4.79 Å². The van der Waals surface area contributed by atoms with Crippen LogP contribution in [0.1, 0.15) is 12.8 Å². The molecule has 188 valence electrons. The molecular weight excluding hydrogens is 464 g/mol. The monoisotopic (exact) mass is 494 g/mol. The van der Waals surface area contributed by atoms with Crippen LogP contribution in [0, 0.1) is 5.92 Å². The van der Waals surface area contributed by atoms with E-state index < -0.39 is 0 Å². The Hall–Kier alpha value is -4.24. The van der Waals surface area contributed by atoms with Gasteiger partial charge in [0.1, 0.15) is 0 Å². The van der Waals surface area contributed by atoms with Crippen molar-refractivity contribution in [2.75, 3.05) is 31.3 Å². The number of rotatable bonds is 8. The molecule has 1 aliphatic rings. The van der Waals surface area contributed by atoms with Gasteiger partial charge in [-0.05, 0) is 51.2 Å². The molecule has 37 heavy (non-hydrogen) atoms. The van der Waals surface area contributed by atoms with Crippen molar-refractivity contribution in [1.29, 1.82) is 0 Å². The Kier molecular flexibility index (Phi) is 5.84. The van der Waals surface area contributed by atoms with E-state index in [0.717, 1.165) is 70.4 Å². The van der Waals surface area contributed by atoms with E-state index in [-0.39, 0.29) is 11.8 Å². The van der Waals surface area contributed by atoms with E-state index in [1.54, 1.807) is 6.20 Å². The van der Waals surface area contributed by atoms with Crippen molar-refractivity contribution in [2.24, 2.45) is 13.0 Å². The second-order valence-electron chi connectivity index (χ2n) is 9.96. The number of carbonyl (C=O) groups excluding carboxylic acids is 1. The van der Waals surface area contributed by atoms with E-state index in [0.29, 0.717) is 5.95 Å². The maximum Gasteiger partial charge on any atom is 0.227 e. The zero-order valence-corrected chi connectivity index (χ0v) is 21.3. The number of fused-ring (bicyclic) bond motifs is 2. The molecule has 2 N–H and O–H groups in total. The molecule has 2 aromatic carbocycles. The number of benzene rings is 2. The fourth-order valence-corrected chi connectivity index (χ4v) is 4.69. The van der Waals surface area contributed by atoms with Crippen molar-refractivity contribution in [3.05, 3.63) is 61.1 Å². The van der Waals surface area contributed by atoms with Gasteiger partial charge in [-0.2, -0.15) is 5.10 Å². The Morgan fingerprint density at radius 2 is 2.00 bits per heavy atom. The maximum absolute atomic E-state index is 12.7. The molecule has 0 atom stereocenters. The summed E-state index contributed by atoms with van der Waals surface area (Å²) >= 11 is 0. The third-order valence-electron chi connectivity index (χ3n) is 6.78. The van der Waals surface area contributed by atoms with Crippen LogP contribution >= 0.6 is 0 Å². The summed E-state index contributed by atoms with van der Waals surface area (Å²) in [5, 5.41) is 13.2. The highest BCUT2D eigenvalue weighted by Crippen LogP contribution is 2.34. The standard InChI is InChI=1S/C28H30N8O/c1-34(2)12-13-36-26-19(16-30-36)14-20(15-24(26)32-27(37)18-8-9-18)31-28-29-11-10-23(33-28)22-17-35(3)25-7-5-4-6-21(22)25/h4-7,10-11,14-18H,8-9,12-13H2,1-3H3,(H,32,37)(H,29,31,33). The number of likely N-dealkylation sites (N-methyl/N-ethyl adjacent to an activating group) is 1. The summed E-state index contributed by atoms with van der Waals surface area (Å²) in [6.07, 6.45) is 7.59. The molecule has 1 amide bonds. The number of para-hydroxylation sites is 1. The summed E-state index contributed by atoms with van der Waals surface area (Å²) in [4.78, 5) is 24.1. The van der Waals surface area contributed by atoms with Gasteiger partial charge in [-0.3, -0.25) is 9.48 Å². The van der Waals surface area contributed by atoms with Crippen molar-refractivity contribution >= 4 is 45.0 Å². The largest absolute Gasteiger partial charge is 0.350 e. The second kappa shape index (κ2) is 9.33. The average molecular weight is 495 g/mol. The number of carbonyl (C=O) groups is 1. The minimum Gasteiger partial charge on any atom is -0.350 e. The fourth-order valence-electron chi connectivity index (χ4n) is 4.69. The summed E-state index contributed by atoms with van der Waals surface area (Å²) in [5.41, 5.74) is 5.51. The summed E-state index contributed by atoms with van der Waals surface area (Å²) in [7, 11) is 6.11. The zero-order chi connectivity index (χ0) is 25.5. The smallest absolute Gasteiger partial charge is 0.227 e. The van der Waals surface area contributed by atoms with Crippen LogP contribution in [0.25, 0.3) is 33.1 Å². The lowest BCUT2D eigenvalue weighted by atomic mass is 10.1. The second-order valence-corrected chi connectivity index (χ2v) is 9.96. The van der Waals surface area contributed by atoms with Crippen LogP contribution in [-0.4, -0.2) is 55.8 Å². The predicted molar refractivity (Wildman–Crippen MR) is 147 cm³/mol. The van der Waals surface area contributed by atoms with Gasteiger partial charge in [-0.1, -0.05) is 18.2 Å². The number of hydrogen-bond donors (Lipinski definition) is 2. The van der Waals surface area contributed by atoms with E-state index >= 15 is 0 Å². The highest BCUT2D eigenvalue weighted by Gasteiger charge is 2.30.